The molecule has 0 aliphatic heterocycles. The second-order valence-electron chi connectivity index (χ2n) is 3.70. The van der Waals surface area contributed by atoms with Crippen LogP contribution in [0.15, 0.2) is 30.5 Å². The number of benzene rings is 1. The molecular weight excluding hydrogens is 232 g/mol. The van der Waals surface area contributed by atoms with Gasteiger partial charge < -0.3 is 10.8 Å². The number of nitriles is 1. The number of carbonyl (C=O) groups excluding carboxylic acids is 1. The number of nitrogen functional groups attached to an aromatic ring is 1. The molecule has 0 saturated heterocycles. The van der Waals surface area contributed by atoms with E-state index in [2.05, 4.69) is 5.10 Å². The number of carbonyl (C=O) groups is 1. The third-order valence-electron chi connectivity index (χ3n) is 2.45. The highest BCUT2D eigenvalue weighted by Crippen LogP contribution is 2.13. The van der Waals surface area contributed by atoms with Gasteiger partial charge in [0.25, 0.3) is 5.91 Å². The zero-order valence-electron chi connectivity index (χ0n) is 9.37. The summed E-state index contributed by atoms with van der Waals surface area (Å²) in [6.07, 6.45) is 1.35. The largest absolute Gasteiger partial charge is 0.508 e. The molecule has 1 aromatic heterocycles. The molecule has 0 bridgehead atoms. The number of anilines is 1. The van der Waals surface area contributed by atoms with Crippen LogP contribution in [0.3, 0.4) is 0 Å². The van der Waals surface area contributed by atoms with Gasteiger partial charge in [-0.3, -0.25) is 4.79 Å². The Labute approximate surface area is 103 Å². The van der Waals surface area contributed by atoms with Gasteiger partial charge in [-0.05, 0) is 17.7 Å². The maximum Gasteiger partial charge on any atom is 0.253 e. The molecule has 2 rings (SSSR count). The quantitative estimate of drug-likeness (QED) is 0.814. The molecule has 1 aromatic carbocycles. The van der Waals surface area contributed by atoms with Crippen LogP contribution in [0.25, 0.3) is 0 Å². The third kappa shape index (κ3) is 2.15. The van der Waals surface area contributed by atoms with Gasteiger partial charge in [-0.15, -0.1) is 0 Å². The van der Waals surface area contributed by atoms with Crippen LogP contribution in [-0.2, 0) is 6.42 Å². The van der Waals surface area contributed by atoms with Gasteiger partial charge in [0.15, 0.2) is 0 Å². The number of phenols is 1. The lowest BCUT2D eigenvalue weighted by Crippen LogP contribution is -2.17. The lowest BCUT2D eigenvalue weighted by atomic mass is 10.1. The van der Waals surface area contributed by atoms with Crippen LogP contribution in [0.5, 0.6) is 5.75 Å². The second-order valence-corrected chi connectivity index (χ2v) is 3.70. The molecule has 0 aliphatic rings. The van der Waals surface area contributed by atoms with Crippen LogP contribution in [0.4, 0.5) is 5.82 Å². The van der Waals surface area contributed by atoms with Crippen molar-refractivity contribution in [3.8, 4) is 11.8 Å². The predicted molar refractivity (Wildman–Crippen MR) is 63.8 cm³/mol. The number of aromatic nitrogens is 2. The fourth-order valence-corrected chi connectivity index (χ4v) is 1.51. The number of rotatable bonds is 2. The highest BCUT2D eigenvalue weighted by molar-refractivity contribution is 5.84. The Bertz CT molecular complexity index is 623. The van der Waals surface area contributed by atoms with Crippen LogP contribution in [0.2, 0.25) is 0 Å². The van der Waals surface area contributed by atoms with Crippen molar-refractivity contribution in [3.05, 3.63) is 41.6 Å². The second kappa shape index (κ2) is 4.59. The maximum absolute atomic E-state index is 11.9. The molecule has 6 heteroatoms. The van der Waals surface area contributed by atoms with Gasteiger partial charge in [0.05, 0.1) is 12.6 Å². The van der Waals surface area contributed by atoms with Gasteiger partial charge in [-0.2, -0.15) is 15.0 Å². The minimum absolute atomic E-state index is 0.0429. The Kier molecular flexibility index (Phi) is 2.98. The van der Waals surface area contributed by atoms with Gasteiger partial charge in [-0.1, -0.05) is 12.1 Å². The summed E-state index contributed by atoms with van der Waals surface area (Å²) in [5, 5.41) is 21.6. The average molecular weight is 242 g/mol. The molecule has 0 radical (unpaired) electrons. The van der Waals surface area contributed by atoms with Crippen molar-refractivity contribution >= 4 is 11.7 Å². The first-order valence-corrected chi connectivity index (χ1v) is 5.16. The molecule has 90 valence electrons. The standard InChI is InChI=1S/C12H10N4O2/c13-6-9-7-15-16(12(9)14)11(18)5-8-1-3-10(17)4-2-8/h1-4,7,17H,5,14H2. The smallest absolute Gasteiger partial charge is 0.253 e. The van der Waals surface area contributed by atoms with Crippen molar-refractivity contribution in [2.24, 2.45) is 0 Å². The van der Waals surface area contributed by atoms with Crippen LogP contribution >= 0.6 is 0 Å². The van der Waals surface area contributed by atoms with E-state index >= 15 is 0 Å². The molecule has 2 aromatic rings. The van der Waals surface area contributed by atoms with Gasteiger partial charge in [0.2, 0.25) is 0 Å². The summed E-state index contributed by atoms with van der Waals surface area (Å²) in [5.41, 5.74) is 6.51. The first-order valence-electron chi connectivity index (χ1n) is 5.16. The Morgan fingerprint density at radius 1 is 1.44 bits per heavy atom. The van der Waals surface area contributed by atoms with Crippen molar-refractivity contribution in [2.45, 2.75) is 6.42 Å². The summed E-state index contributed by atoms with van der Waals surface area (Å²) in [4.78, 5) is 11.9. The Balaban J connectivity index is 2.20. The van der Waals surface area contributed by atoms with Gasteiger partial charge in [-0.25, -0.2) is 0 Å². The normalized spacial score (nSPS) is 9.94. The number of phenolic OH excluding ortho intramolecular Hbond substituents is 1. The Morgan fingerprint density at radius 3 is 2.67 bits per heavy atom. The summed E-state index contributed by atoms with van der Waals surface area (Å²) in [6, 6.07) is 8.11. The number of nitrogens with two attached hydrogens (primary N) is 1. The van der Waals surface area contributed by atoms with E-state index < -0.39 is 0 Å². The van der Waals surface area contributed by atoms with Crippen molar-refractivity contribution < 1.29 is 9.90 Å². The maximum atomic E-state index is 11.9. The van der Waals surface area contributed by atoms with Crippen LogP contribution in [0.1, 0.15) is 15.9 Å². The van der Waals surface area contributed by atoms with E-state index in [4.69, 9.17) is 16.1 Å². The lowest BCUT2D eigenvalue weighted by Gasteiger charge is -2.03. The highest BCUT2D eigenvalue weighted by atomic mass is 16.3. The summed E-state index contributed by atoms with van der Waals surface area (Å²) in [5.74, 6) is -0.155. The molecule has 0 atom stereocenters. The highest BCUT2D eigenvalue weighted by Gasteiger charge is 2.13. The van der Waals surface area contributed by atoms with Crippen molar-refractivity contribution in [1.29, 1.82) is 5.26 Å². The summed E-state index contributed by atoms with van der Waals surface area (Å²) in [6.45, 7) is 0. The topological polar surface area (TPSA) is 105 Å². The van der Waals surface area contributed by atoms with Crippen molar-refractivity contribution in [1.82, 2.24) is 9.78 Å². The van der Waals surface area contributed by atoms with Crippen molar-refractivity contribution in [2.75, 3.05) is 5.73 Å². The Morgan fingerprint density at radius 2 is 2.11 bits per heavy atom. The monoisotopic (exact) mass is 242 g/mol. The van der Waals surface area contributed by atoms with Gasteiger partial charge in [0.1, 0.15) is 23.2 Å². The number of aromatic hydroxyl groups is 1. The van der Waals surface area contributed by atoms with Gasteiger partial charge >= 0.3 is 0 Å². The summed E-state index contributed by atoms with van der Waals surface area (Å²) < 4.78 is 1.01. The fraction of sp³-hybridized carbons (Fsp3) is 0.0833. The minimum Gasteiger partial charge on any atom is -0.508 e. The molecule has 3 N–H and O–H groups in total. The first-order chi connectivity index (χ1) is 8.61. The van der Waals surface area contributed by atoms with Crippen LogP contribution < -0.4 is 5.73 Å². The molecule has 1 heterocycles. The van der Waals surface area contributed by atoms with Gasteiger partial charge in [0, 0.05) is 0 Å². The summed E-state index contributed by atoms with van der Waals surface area (Å²) >= 11 is 0. The zero-order valence-corrected chi connectivity index (χ0v) is 9.37. The number of hydrogen-bond acceptors (Lipinski definition) is 5. The van der Waals surface area contributed by atoms with E-state index in [1.54, 1.807) is 12.1 Å². The molecule has 18 heavy (non-hydrogen) atoms. The number of nitrogens with zero attached hydrogens (tertiary/aromatic N) is 3. The molecule has 6 nitrogen and oxygen atoms in total. The van der Waals surface area contributed by atoms with E-state index in [-0.39, 0.29) is 29.5 Å². The molecule has 0 amide bonds. The first kappa shape index (κ1) is 11.7. The van der Waals surface area contributed by atoms with E-state index in [0.717, 1.165) is 10.2 Å². The third-order valence-corrected chi connectivity index (χ3v) is 2.45. The minimum atomic E-state index is -0.334. The van der Waals surface area contributed by atoms with Crippen LogP contribution in [0, 0.1) is 11.3 Å². The Hall–Kier alpha value is -2.81. The molecule has 0 aliphatic carbocycles. The fourth-order valence-electron chi connectivity index (χ4n) is 1.51. The molecule has 0 unspecified atom stereocenters. The summed E-state index contributed by atoms with van der Waals surface area (Å²) in [7, 11) is 0. The average Bonchev–Trinajstić information content (AvgIpc) is 2.73. The molecule has 0 spiro atoms. The van der Waals surface area contributed by atoms with Crippen molar-refractivity contribution in [3.63, 3.8) is 0 Å². The molecular formula is C12H10N4O2. The SMILES string of the molecule is N#Cc1cnn(C(=O)Cc2ccc(O)cc2)c1N. The predicted octanol–water partition coefficient (Wildman–Crippen LogP) is 0.925. The van der Waals surface area contributed by atoms with E-state index in [1.807, 2.05) is 6.07 Å². The number of hydrogen-bond donors (Lipinski definition) is 2. The van der Waals surface area contributed by atoms with E-state index in [0.29, 0.717) is 0 Å². The molecule has 0 saturated carbocycles. The van der Waals surface area contributed by atoms with E-state index in [1.165, 1.54) is 18.3 Å². The lowest BCUT2D eigenvalue weighted by molar-refractivity contribution is 0.0901. The molecule has 0 fully saturated rings. The van der Waals surface area contributed by atoms with E-state index in [9.17, 15) is 4.79 Å². The zero-order chi connectivity index (χ0) is 13.1. The van der Waals surface area contributed by atoms with Crippen LogP contribution in [-0.4, -0.2) is 20.8 Å².